The Balaban J connectivity index is 2.09. The van der Waals surface area contributed by atoms with Crippen molar-refractivity contribution in [3.05, 3.63) is 45.4 Å². The molecule has 1 heterocycles. The molecule has 19 heavy (non-hydrogen) atoms. The second kappa shape index (κ2) is 5.94. The first-order valence-corrected chi connectivity index (χ1v) is 6.89. The molecule has 0 radical (unpaired) electrons. The summed E-state index contributed by atoms with van der Waals surface area (Å²) < 4.78 is 0.814. The van der Waals surface area contributed by atoms with Crippen molar-refractivity contribution in [2.75, 3.05) is 5.32 Å². The molecule has 1 amide bonds. The SMILES string of the molecule is O=C(Cc1ccccc1C(=O)O)Nc1ncc(Br)s1. The van der Waals surface area contributed by atoms with E-state index in [0.717, 1.165) is 3.79 Å². The molecule has 1 aromatic carbocycles. The highest BCUT2D eigenvalue weighted by Crippen LogP contribution is 2.23. The van der Waals surface area contributed by atoms with Gasteiger partial charge in [0, 0.05) is 0 Å². The lowest BCUT2D eigenvalue weighted by Gasteiger charge is -2.05. The summed E-state index contributed by atoms with van der Waals surface area (Å²) in [6, 6.07) is 6.43. The number of hydrogen-bond acceptors (Lipinski definition) is 4. The number of thiazole rings is 1. The van der Waals surface area contributed by atoms with Gasteiger partial charge in [-0.05, 0) is 27.6 Å². The zero-order chi connectivity index (χ0) is 13.8. The van der Waals surface area contributed by atoms with Crippen LogP contribution in [-0.4, -0.2) is 22.0 Å². The van der Waals surface area contributed by atoms with E-state index in [2.05, 4.69) is 26.2 Å². The highest BCUT2D eigenvalue weighted by atomic mass is 79.9. The minimum Gasteiger partial charge on any atom is -0.478 e. The standard InChI is InChI=1S/C12H9BrN2O3S/c13-9-6-14-12(19-9)15-10(16)5-7-3-1-2-4-8(7)11(17)18/h1-4,6H,5H2,(H,17,18)(H,14,15,16). The average Bonchev–Trinajstić information content (AvgIpc) is 2.75. The van der Waals surface area contributed by atoms with Gasteiger partial charge < -0.3 is 10.4 Å². The number of aromatic carboxylic acids is 1. The van der Waals surface area contributed by atoms with Crippen LogP contribution in [0.4, 0.5) is 5.13 Å². The van der Waals surface area contributed by atoms with Crippen LogP contribution >= 0.6 is 27.3 Å². The quantitative estimate of drug-likeness (QED) is 0.896. The number of carbonyl (C=O) groups excluding carboxylic acids is 1. The number of amides is 1. The summed E-state index contributed by atoms with van der Waals surface area (Å²) >= 11 is 4.54. The minimum atomic E-state index is -1.04. The van der Waals surface area contributed by atoms with Gasteiger partial charge in [-0.25, -0.2) is 9.78 Å². The lowest BCUT2D eigenvalue weighted by atomic mass is 10.0. The van der Waals surface area contributed by atoms with Crippen LogP contribution in [0.5, 0.6) is 0 Å². The molecule has 2 aromatic rings. The highest BCUT2D eigenvalue weighted by Gasteiger charge is 2.13. The smallest absolute Gasteiger partial charge is 0.335 e. The van der Waals surface area contributed by atoms with Crippen LogP contribution in [0.15, 0.2) is 34.2 Å². The number of carbonyl (C=O) groups is 2. The number of halogens is 1. The number of carboxylic acid groups (broad SMARTS) is 1. The van der Waals surface area contributed by atoms with Gasteiger partial charge in [0.15, 0.2) is 5.13 Å². The molecule has 7 heteroatoms. The molecule has 0 aliphatic rings. The number of aromatic nitrogens is 1. The van der Waals surface area contributed by atoms with Gasteiger partial charge in [0.1, 0.15) is 0 Å². The molecule has 0 atom stereocenters. The number of nitrogens with zero attached hydrogens (tertiary/aromatic N) is 1. The maximum Gasteiger partial charge on any atom is 0.335 e. The number of carboxylic acids is 1. The fourth-order valence-corrected chi connectivity index (χ4v) is 2.65. The van der Waals surface area contributed by atoms with Crippen LogP contribution in [-0.2, 0) is 11.2 Å². The molecule has 2 rings (SSSR count). The van der Waals surface area contributed by atoms with Gasteiger partial charge in [-0.2, -0.15) is 0 Å². The summed E-state index contributed by atoms with van der Waals surface area (Å²) in [7, 11) is 0. The number of rotatable bonds is 4. The van der Waals surface area contributed by atoms with Gasteiger partial charge >= 0.3 is 5.97 Å². The van der Waals surface area contributed by atoms with Crippen LogP contribution in [0, 0.1) is 0 Å². The van der Waals surface area contributed by atoms with E-state index in [9.17, 15) is 9.59 Å². The molecule has 0 saturated carbocycles. The van der Waals surface area contributed by atoms with E-state index in [1.807, 2.05) is 0 Å². The van der Waals surface area contributed by atoms with Crippen LogP contribution in [0.25, 0.3) is 0 Å². The summed E-state index contributed by atoms with van der Waals surface area (Å²) in [5.74, 6) is -1.34. The van der Waals surface area contributed by atoms with Gasteiger partial charge in [0.2, 0.25) is 5.91 Å². The molecular formula is C12H9BrN2O3S. The molecule has 0 saturated heterocycles. The van der Waals surface area contributed by atoms with Crippen molar-refractivity contribution in [2.24, 2.45) is 0 Å². The van der Waals surface area contributed by atoms with Gasteiger partial charge in [0.05, 0.1) is 22.0 Å². The Hall–Kier alpha value is -1.73. The number of hydrogen-bond donors (Lipinski definition) is 2. The van der Waals surface area contributed by atoms with E-state index >= 15 is 0 Å². The Bertz CT molecular complexity index is 627. The van der Waals surface area contributed by atoms with Gasteiger partial charge in [-0.3, -0.25) is 4.79 Å². The largest absolute Gasteiger partial charge is 0.478 e. The molecule has 1 aromatic heterocycles. The average molecular weight is 341 g/mol. The maximum atomic E-state index is 11.8. The molecule has 0 fully saturated rings. The summed E-state index contributed by atoms with van der Waals surface area (Å²) in [6.45, 7) is 0. The molecule has 0 unspecified atom stereocenters. The zero-order valence-electron chi connectivity index (χ0n) is 9.59. The van der Waals surface area contributed by atoms with Crippen molar-refractivity contribution in [3.8, 4) is 0 Å². The summed E-state index contributed by atoms with van der Waals surface area (Å²) in [5.41, 5.74) is 0.612. The van der Waals surface area contributed by atoms with E-state index in [-0.39, 0.29) is 17.9 Å². The maximum absolute atomic E-state index is 11.8. The Kier molecular flexibility index (Phi) is 4.28. The lowest BCUT2D eigenvalue weighted by molar-refractivity contribution is -0.115. The second-order valence-electron chi connectivity index (χ2n) is 3.66. The topological polar surface area (TPSA) is 79.3 Å². The van der Waals surface area contributed by atoms with Crippen molar-refractivity contribution in [2.45, 2.75) is 6.42 Å². The Morgan fingerprint density at radius 2 is 2.11 bits per heavy atom. The fourth-order valence-electron chi connectivity index (χ4n) is 1.53. The first-order valence-electron chi connectivity index (χ1n) is 5.28. The normalized spacial score (nSPS) is 10.2. The molecule has 0 aliphatic carbocycles. The van der Waals surface area contributed by atoms with Crippen LogP contribution in [0.1, 0.15) is 15.9 Å². The van der Waals surface area contributed by atoms with Crippen LogP contribution < -0.4 is 5.32 Å². The van der Waals surface area contributed by atoms with E-state index in [1.165, 1.54) is 17.4 Å². The summed E-state index contributed by atoms with van der Waals surface area (Å²) in [5, 5.41) is 12.1. The first kappa shape index (κ1) is 13.7. The Morgan fingerprint density at radius 1 is 1.37 bits per heavy atom. The van der Waals surface area contributed by atoms with Crippen LogP contribution in [0.2, 0.25) is 0 Å². The molecule has 2 N–H and O–H groups in total. The third kappa shape index (κ3) is 3.62. The lowest BCUT2D eigenvalue weighted by Crippen LogP contribution is -2.16. The molecule has 0 bridgehead atoms. The van der Waals surface area contributed by atoms with Gasteiger partial charge in [-0.1, -0.05) is 29.5 Å². The second-order valence-corrected chi connectivity index (χ2v) is 6.07. The van der Waals surface area contributed by atoms with Crippen LogP contribution in [0.3, 0.4) is 0 Å². The molecule has 5 nitrogen and oxygen atoms in total. The molecule has 0 aliphatic heterocycles. The Morgan fingerprint density at radius 3 is 2.74 bits per heavy atom. The van der Waals surface area contributed by atoms with Gasteiger partial charge in [0.25, 0.3) is 0 Å². The van der Waals surface area contributed by atoms with E-state index in [0.29, 0.717) is 10.7 Å². The third-order valence-electron chi connectivity index (χ3n) is 2.32. The van der Waals surface area contributed by atoms with Crippen molar-refractivity contribution in [1.82, 2.24) is 4.98 Å². The van der Waals surface area contributed by atoms with Crippen molar-refractivity contribution >= 4 is 44.3 Å². The monoisotopic (exact) mass is 340 g/mol. The van der Waals surface area contributed by atoms with E-state index < -0.39 is 5.97 Å². The minimum absolute atomic E-state index is 0.000325. The van der Waals surface area contributed by atoms with Crippen molar-refractivity contribution in [3.63, 3.8) is 0 Å². The van der Waals surface area contributed by atoms with Crippen molar-refractivity contribution in [1.29, 1.82) is 0 Å². The van der Waals surface area contributed by atoms with Gasteiger partial charge in [-0.15, -0.1) is 0 Å². The molecule has 98 valence electrons. The third-order valence-corrected chi connectivity index (χ3v) is 3.71. The molecule has 0 spiro atoms. The van der Waals surface area contributed by atoms with E-state index in [1.54, 1.807) is 24.4 Å². The predicted molar refractivity (Wildman–Crippen MR) is 75.5 cm³/mol. The number of nitrogens with one attached hydrogen (secondary N) is 1. The molecular weight excluding hydrogens is 332 g/mol. The fraction of sp³-hybridized carbons (Fsp3) is 0.0833. The van der Waals surface area contributed by atoms with E-state index in [4.69, 9.17) is 5.11 Å². The Labute approximate surface area is 121 Å². The zero-order valence-corrected chi connectivity index (χ0v) is 12.0. The first-order chi connectivity index (χ1) is 9.06. The number of benzene rings is 1. The predicted octanol–water partition coefficient (Wildman–Crippen LogP) is 2.79. The highest BCUT2D eigenvalue weighted by molar-refractivity contribution is 9.11. The van der Waals surface area contributed by atoms with Crippen molar-refractivity contribution < 1.29 is 14.7 Å². The summed E-state index contributed by atoms with van der Waals surface area (Å²) in [6.07, 6.45) is 1.59. The number of anilines is 1. The summed E-state index contributed by atoms with van der Waals surface area (Å²) in [4.78, 5) is 26.8.